The van der Waals surface area contributed by atoms with Crippen molar-refractivity contribution in [1.82, 2.24) is 12.3 Å². The van der Waals surface area contributed by atoms with E-state index in [2.05, 4.69) is 0 Å². The highest BCUT2D eigenvalue weighted by Crippen LogP contribution is 2.07. The van der Waals surface area contributed by atoms with Crippen molar-refractivity contribution >= 4 is 11.9 Å². The van der Waals surface area contributed by atoms with Crippen LogP contribution in [0.25, 0.3) is 0 Å². The quantitative estimate of drug-likeness (QED) is 0.356. The SMILES string of the molecule is CCO.CCO.CCO.O=C([O-])CCCCCCCCC(=O)[O-].[NH4+].[NH4+]. The van der Waals surface area contributed by atoms with Crippen LogP contribution in [0, 0.1) is 0 Å². The maximum absolute atomic E-state index is 10.0. The Balaban J connectivity index is -0.0000000691. The van der Waals surface area contributed by atoms with Gasteiger partial charge in [-0.3, -0.25) is 0 Å². The predicted molar refractivity (Wildman–Crippen MR) is 97.2 cm³/mol. The van der Waals surface area contributed by atoms with Crippen LogP contribution in [0.2, 0.25) is 0 Å². The van der Waals surface area contributed by atoms with Crippen molar-refractivity contribution in [3.63, 3.8) is 0 Å². The van der Waals surface area contributed by atoms with Crippen LogP contribution >= 0.6 is 0 Å². The van der Waals surface area contributed by atoms with Crippen LogP contribution < -0.4 is 22.5 Å². The zero-order chi connectivity index (χ0) is 18.9. The van der Waals surface area contributed by atoms with E-state index in [0.717, 1.165) is 25.7 Å². The molecule has 0 atom stereocenters. The fourth-order valence-corrected chi connectivity index (χ4v) is 1.25. The van der Waals surface area contributed by atoms with E-state index < -0.39 is 11.9 Å². The second kappa shape index (κ2) is 43.4. The minimum absolute atomic E-state index is 0. The van der Waals surface area contributed by atoms with Crippen LogP contribution in [0.1, 0.15) is 72.1 Å². The first-order valence-corrected chi connectivity index (χ1v) is 8.09. The van der Waals surface area contributed by atoms with Crippen LogP contribution in [0.3, 0.4) is 0 Å². The lowest BCUT2D eigenvalue weighted by molar-refractivity contribution is -0.307. The number of aliphatic carboxylic acids is 2. The second-order valence-corrected chi connectivity index (χ2v) is 4.31. The number of hydrogen-bond acceptors (Lipinski definition) is 7. The monoisotopic (exact) mass is 374 g/mol. The minimum atomic E-state index is -0.998. The zero-order valence-corrected chi connectivity index (χ0v) is 16.8. The molecule has 0 radical (unpaired) electrons. The van der Waals surface area contributed by atoms with Gasteiger partial charge in [-0.1, -0.05) is 25.7 Å². The van der Waals surface area contributed by atoms with E-state index in [4.69, 9.17) is 15.3 Å². The number of carboxylic acids is 2. The van der Waals surface area contributed by atoms with Crippen molar-refractivity contribution in [1.29, 1.82) is 0 Å². The Labute approximate surface area is 152 Å². The van der Waals surface area contributed by atoms with Gasteiger partial charge in [-0.2, -0.15) is 0 Å². The molecule has 11 N–H and O–H groups in total. The first kappa shape index (κ1) is 39.0. The number of carbonyl (C=O) groups excluding carboxylic acids is 2. The summed E-state index contributed by atoms with van der Waals surface area (Å²) in [7, 11) is 0. The molecule has 0 fully saturated rings. The van der Waals surface area contributed by atoms with Crippen molar-refractivity contribution < 1.29 is 35.1 Å². The Morgan fingerprint density at radius 3 is 0.920 bits per heavy atom. The number of hydrogen-bond donors (Lipinski definition) is 5. The highest BCUT2D eigenvalue weighted by atomic mass is 16.4. The van der Waals surface area contributed by atoms with Crippen molar-refractivity contribution in [3.05, 3.63) is 0 Å². The summed E-state index contributed by atoms with van der Waals surface area (Å²) >= 11 is 0. The Bertz CT molecular complexity index is 206. The zero-order valence-electron chi connectivity index (χ0n) is 16.8. The summed E-state index contributed by atoms with van der Waals surface area (Å²) in [4.78, 5) is 20.1. The number of quaternary nitrogens is 2. The molecule has 0 aliphatic rings. The summed E-state index contributed by atoms with van der Waals surface area (Å²) in [6.07, 6.45) is 5.23. The van der Waals surface area contributed by atoms with E-state index in [1.54, 1.807) is 20.8 Å². The maximum Gasteiger partial charge on any atom is 0.0414 e. The lowest BCUT2D eigenvalue weighted by Crippen LogP contribution is -2.21. The van der Waals surface area contributed by atoms with E-state index >= 15 is 0 Å². The maximum atomic E-state index is 10.0. The number of unbranched alkanes of at least 4 members (excludes halogenated alkanes) is 5. The topological polar surface area (TPSA) is 214 Å². The van der Waals surface area contributed by atoms with Gasteiger partial charge in [0.1, 0.15) is 0 Å². The van der Waals surface area contributed by atoms with E-state index in [1.165, 1.54) is 0 Å². The number of aliphatic hydroxyl groups excluding tert-OH is 3. The molecule has 0 heterocycles. The van der Waals surface area contributed by atoms with E-state index in [1.807, 2.05) is 0 Å². The highest BCUT2D eigenvalue weighted by Gasteiger charge is 1.92. The Morgan fingerprint density at radius 1 is 0.600 bits per heavy atom. The van der Waals surface area contributed by atoms with Crippen LogP contribution in [0.5, 0.6) is 0 Å². The molecule has 0 spiro atoms. The molecule has 0 aromatic rings. The van der Waals surface area contributed by atoms with Crippen LogP contribution in [0.15, 0.2) is 0 Å². The van der Waals surface area contributed by atoms with Crippen LogP contribution in [0.4, 0.5) is 0 Å². The second-order valence-electron chi connectivity index (χ2n) is 4.31. The summed E-state index contributed by atoms with van der Waals surface area (Å²) in [5.41, 5.74) is 0. The molecule has 0 bridgehead atoms. The molecule has 0 saturated carbocycles. The number of carbonyl (C=O) groups is 2. The Hall–Kier alpha value is -1.26. The number of carboxylic acid groups (broad SMARTS) is 2. The first-order valence-electron chi connectivity index (χ1n) is 8.09. The standard InChI is InChI=1S/C10H18O4.3C2H6O.2H3N/c11-9(12)7-5-3-1-2-4-6-8-10(13)14;3*1-2-3;;/h1-8H2,(H,11,12)(H,13,14);3*3H,2H2,1H3;2*1H3. The highest BCUT2D eigenvalue weighted by molar-refractivity contribution is 5.64. The normalized spacial score (nSPS) is 7.76. The van der Waals surface area contributed by atoms with Crippen LogP contribution in [-0.4, -0.2) is 47.1 Å². The number of rotatable bonds is 9. The van der Waals surface area contributed by atoms with Gasteiger partial charge in [-0.15, -0.1) is 0 Å². The predicted octanol–water partition coefficient (Wildman–Crippen LogP) is 0.355. The van der Waals surface area contributed by atoms with Gasteiger partial charge >= 0.3 is 0 Å². The lowest BCUT2D eigenvalue weighted by atomic mass is 10.1. The molecule has 0 unspecified atom stereocenters. The van der Waals surface area contributed by atoms with Gasteiger partial charge in [-0.05, 0) is 46.5 Å². The van der Waals surface area contributed by atoms with Gasteiger partial charge in [0.2, 0.25) is 0 Å². The fourth-order valence-electron chi connectivity index (χ4n) is 1.25. The summed E-state index contributed by atoms with van der Waals surface area (Å²) in [6, 6.07) is 0. The summed E-state index contributed by atoms with van der Waals surface area (Å²) in [6.45, 7) is 5.79. The van der Waals surface area contributed by atoms with E-state index in [-0.39, 0.29) is 45.0 Å². The molecule has 9 nitrogen and oxygen atoms in total. The molecule has 0 aliphatic carbocycles. The molecule has 0 aromatic carbocycles. The van der Waals surface area contributed by atoms with Crippen LogP contribution in [-0.2, 0) is 9.59 Å². The Kier molecular flexibility index (Phi) is 67.7. The van der Waals surface area contributed by atoms with E-state index in [9.17, 15) is 19.8 Å². The third-order valence-electron chi connectivity index (χ3n) is 2.01. The molecular weight excluding hydrogens is 332 g/mol. The molecule has 0 saturated heterocycles. The Morgan fingerprint density at radius 2 is 0.760 bits per heavy atom. The third kappa shape index (κ3) is 103. The molecule has 25 heavy (non-hydrogen) atoms. The average Bonchev–Trinajstić information content (AvgIpc) is 2.44. The molecule has 0 amide bonds. The molecule has 158 valence electrons. The average molecular weight is 375 g/mol. The number of aliphatic hydroxyl groups is 3. The van der Waals surface area contributed by atoms with Gasteiger partial charge in [0.05, 0.1) is 0 Å². The minimum Gasteiger partial charge on any atom is -0.550 e. The smallest absolute Gasteiger partial charge is 0.0414 e. The van der Waals surface area contributed by atoms with Gasteiger partial charge in [-0.25, -0.2) is 0 Å². The van der Waals surface area contributed by atoms with E-state index in [0.29, 0.717) is 12.8 Å². The van der Waals surface area contributed by atoms with Crippen molar-refractivity contribution in [3.8, 4) is 0 Å². The first-order chi connectivity index (χ1) is 10.9. The molecule has 0 aliphatic heterocycles. The van der Waals surface area contributed by atoms with Crippen molar-refractivity contribution in [2.45, 2.75) is 72.1 Å². The molecule has 9 heteroatoms. The van der Waals surface area contributed by atoms with Gasteiger partial charge < -0.3 is 47.4 Å². The summed E-state index contributed by atoms with van der Waals surface area (Å²) in [5.74, 6) is -2.00. The summed E-state index contributed by atoms with van der Waals surface area (Å²) in [5, 5.41) is 42.8. The van der Waals surface area contributed by atoms with Gasteiger partial charge in [0, 0.05) is 31.8 Å². The fraction of sp³-hybridized carbons (Fsp3) is 0.875. The third-order valence-corrected chi connectivity index (χ3v) is 2.01. The largest absolute Gasteiger partial charge is 0.550 e. The lowest BCUT2D eigenvalue weighted by Gasteiger charge is -2.03. The van der Waals surface area contributed by atoms with Gasteiger partial charge in [0.15, 0.2) is 0 Å². The molecular formula is C16H42N2O7. The van der Waals surface area contributed by atoms with Crippen molar-refractivity contribution in [2.24, 2.45) is 0 Å². The molecule has 0 rings (SSSR count). The van der Waals surface area contributed by atoms with Crippen molar-refractivity contribution in [2.75, 3.05) is 19.8 Å². The summed E-state index contributed by atoms with van der Waals surface area (Å²) < 4.78 is 0. The van der Waals surface area contributed by atoms with Gasteiger partial charge in [0.25, 0.3) is 0 Å². The molecule has 0 aromatic heterocycles.